The third kappa shape index (κ3) is 3.51. The van der Waals surface area contributed by atoms with Crippen LogP contribution in [-0.4, -0.2) is 12.5 Å². The van der Waals surface area contributed by atoms with Crippen LogP contribution in [0.25, 0.3) is 0 Å². The number of rotatable bonds is 4. The molecule has 2 aromatic rings. The van der Waals surface area contributed by atoms with Gasteiger partial charge in [0.25, 0.3) is 5.91 Å². The summed E-state index contributed by atoms with van der Waals surface area (Å²) in [5, 5.41) is 2.84. The lowest BCUT2D eigenvalue weighted by molar-refractivity contribution is -0.118. The number of nitrogens with two attached hydrogens (primary N) is 1. The number of benzene rings is 2. The molecule has 0 aliphatic heterocycles. The molecule has 0 saturated heterocycles. The summed E-state index contributed by atoms with van der Waals surface area (Å²) >= 11 is 0. The number of hydrogen-bond acceptors (Lipinski definition) is 3. The maximum atomic E-state index is 11.9. The number of carbonyl (C=O) groups excluding carboxylic acids is 1. The first-order chi connectivity index (χ1) is 9.56. The Labute approximate surface area is 118 Å². The number of aryl methyl sites for hydroxylation is 2. The second-order valence-corrected chi connectivity index (χ2v) is 4.69. The van der Waals surface area contributed by atoms with Gasteiger partial charge < -0.3 is 15.8 Å². The second kappa shape index (κ2) is 6.10. The topological polar surface area (TPSA) is 64.3 Å². The summed E-state index contributed by atoms with van der Waals surface area (Å²) in [6, 6.07) is 13.0. The van der Waals surface area contributed by atoms with Gasteiger partial charge in [0.15, 0.2) is 6.61 Å². The van der Waals surface area contributed by atoms with Crippen molar-refractivity contribution in [3.8, 4) is 5.75 Å². The van der Waals surface area contributed by atoms with Crippen LogP contribution in [0.2, 0.25) is 0 Å². The van der Waals surface area contributed by atoms with Crippen LogP contribution in [0.4, 0.5) is 11.4 Å². The van der Waals surface area contributed by atoms with Crippen molar-refractivity contribution in [1.82, 2.24) is 0 Å². The molecule has 3 N–H and O–H groups in total. The molecule has 0 aliphatic rings. The minimum absolute atomic E-state index is 0.0679. The van der Waals surface area contributed by atoms with Crippen LogP contribution in [-0.2, 0) is 4.79 Å². The van der Waals surface area contributed by atoms with Gasteiger partial charge in [0.2, 0.25) is 0 Å². The first-order valence-corrected chi connectivity index (χ1v) is 6.40. The van der Waals surface area contributed by atoms with Crippen LogP contribution in [0.1, 0.15) is 11.1 Å². The zero-order chi connectivity index (χ0) is 14.5. The fraction of sp³-hybridized carbons (Fsp3) is 0.188. The molecule has 0 fully saturated rings. The average molecular weight is 270 g/mol. The van der Waals surface area contributed by atoms with Gasteiger partial charge in [-0.15, -0.1) is 0 Å². The minimum atomic E-state index is -0.207. The van der Waals surface area contributed by atoms with Gasteiger partial charge in [-0.1, -0.05) is 24.3 Å². The van der Waals surface area contributed by atoms with Gasteiger partial charge in [-0.3, -0.25) is 4.79 Å². The quantitative estimate of drug-likeness (QED) is 0.840. The number of nitrogen functional groups attached to an aromatic ring is 1. The Kier molecular flexibility index (Phi) is 4.25. The molecule has 0 radical (unpaired) electrons. The van der Waals surface area contributed by atoms with Gasteiger partial charge in [-0.05, 0) is 43.2 Å². The summed E-state index contributed by atoms with van der Waals surface area (Å²) in [6.07, 6.45) is 0. The second-order valence-electron chi connectivity index (χ2n) is 4.69. The van der Waals surface area contributed by atoms with Crippen LogP contribution in [0, 0.1) is 13.8 Å². The van der Waals surface area contributed by atoms with Gasteiger partial charge in [0.05, 0.1) is 5.69 Å². The molecule has 4 nitrogen and oxygen atoms in total. The lowest BCUT2D eigenvalue weighted by Crippen LogP contribution is -2.21. The van der Waals surface area contributed by atoms with Crippen LogP contribution in [0.15, 0.2) is 42.5 Å². The Morgan fingerprint density at radius 3 is 2.70 bits per heavy atom. The predicted molar refractivity (Wildman–Crippen MR) is 80.9 cm³/mol. The Hall–Kier alpha value is -2.49. The van der Waals surface area contributed by atoms with Gasteiger partial charge in [0, 0.05) is 5.69 Å². The Morgan fingerprint density at radius 2 is 1.95 bits per heavy atom. The van der Waals surface area contributed by atoms with Gasteiger partial charge >= 0.3 is 0 Å². The van der Waals surface area contributed by atoms with Crippen LogP contribution < -0.4 is 15.8 Å². The molecule has 0 bridgehead atoms. The molecule has 0 saturated carbocycles. The highest BCUT2D eigenvalue weighted by Gasteiger charge is 2.07. The van der Waals surface area contributed by atoms with Crippen LogP contribution in [0.5, 0.6) is 5.75 Å². The molecule has 20 heavy (non-hydrogen) atoms. The van der Waals surface area contributed by atoms with Crippen molar-refractivity contribution in [3.05, 3.63) is 53.6 Å². The van der Waals surface area contributed by atoms with E-state index in [1.165, 1.54) is 0 Å². The summed E-state index contributed by atoms with van der Waals surface area (Å²) in [5.74, 6) is 0.311. The standard InChI is InChI=1S/C16H18N2O2/c1-11-7-8-12(2)14(9-11)18-16(19)10-20-15-6-4-3-5-13(15)17/h3-9H,10,17H2,1-2H3,(H,18,19). The molecule has 1 amide bonds. The first kappa shape index (κ1) is 13.9. The van der Waals surface area contributed by atoms with E-state index >= 15 is 0 Å². The number of anilines is 2. The molecular weight excluding hydrogens is 252 g/mol. The molecule has 2 aromatic carbocycles. The molecule has 0 spiro atoms. The zero-order valence-electron chi connectivity index (χ0n) is 11.6. The van der Waals surface area contributed by atoms with Crippen molar-refractivity contribution < 1.29 is 9.53 Å². The van der Waals surface area contributed by atoms with Gasteiger partial charge in [-0.2, -0.15) is 0 Å². The molecular formula is C16H18N2O2. The number of amides is 1. The van der Waals surface area contributed by atoms with Crippen molar-refractivity contribution in [2.45, 2.75) is 13.8 Å². The van der Waals surface area contributed by atoms with Gasteiger partial charge in [0.1, 0.15) is 5.75 Å². The van der Waals surface area contributed by atoms with Crippen LogP contribution >= 0.6 is 0 Å². The van der Waals surface area contributed by atoms with Crippen molar-refractivity contribution in [3.63, 3.8) is 0 Å². The zero-order valence-corrected chi connectivity index (χ0v) is 11.6. The number of ether oxygens (including phenoxy) is 1. The largest absolute Gasteiger partial charge is 0.482 e. The number of para-hydroxylation sites is 2. The molecule has 104 valence electrons. The molecule has 0 atom stereocenters. The molecule has 4 heteroatoms. The van der Waals surface area contributed by atoms with E-state index in [0.29, 0.717) is 11.4 Å². The molecule has 0 aliphatic carbocycles. The maximum absolute atomic E-state index is 11.9. The minimum Gasteiger partial charge on any atom is -0.482 e. The van der Waals surface area contributed by atoms with E-state index in [4.69, 9.17) is 10.5 Å². The summed E-state index contributed by atoms with van der Waals surface area (Å²) < 4.78 is 5.40. The van der Waals surface area contributed by atoms with Gasteiger partial charge in [-0.25, -0.2) is 0 Å². The van der Waals surface area contributed by atoms with E-state index in [1.54, 1.807) is 12.1 Å². The van der Waals surface area contributed by atoms with Crippen molar-refractivity contribution in [1.29, 1.82) is 0 Å². The highest BCUT2D eigenvalue weighted by atomic mass is 16.5. The Balaban J connectivity index is 1.96. The Bertz CT molecular complexity index is 624. The number of nitrogens with one attached hydrogen (secondary N) is 1. The average Bonchev–Trinajstić information content (AvgIpc) is 2.42. The summed E-state index contributed by atoms with van der Waals surface area (Å²) in [6.45, 7) is 3.86. The van der Waals surface area contributed by atoms with Crippen LogP contribution in [0.3, 0.4) is 0 Å². The number of carbonyl (C=O) groups is 1. The highest BCUT2D eigenvalue weighted by Crippen LogP contribution is 2.20. The lowest BCUT2D eigenvalue weighted by Gasteiger charge is -2.11. The van der Waals surface area contributed by atoms with Crippen molar-refractivity contribution in [2.24, 2.45) is 0 Å². The highest BCUT2D eigenvalue weighted by molar-refractivity contribution is 5.92. The number of hydrogen-bond donors (Lipinski definition) is 2. The van der Waals surface area contributed by atoms with E-state index in [9.17, 15) is 4.79 Å². The normalized spacial score (nSPS) is 10.1. The Morgan fingerprint density at radius 1 is 1.20 bits per heavy atom. The molecule has 0 heterocycles. The smallest absolute Gasteiger partial charge is 0.262 e. The summed E-state index contributed by atoms with van der Waals surface area (Å²) in [4.78, 5) is 11.9. The SMILES string of the molecule is Cc1ccc(C)c(NC(=O)COc2ccccc2N)c1. The van der Waals surface area contributed by atoms with Crippen molar-refractivity contribution >= 4 is 17.3 Å². The van der Waals surface area contributed by atoms with E-state index in [0.717, 1.165) is 16.8 Å². The predicted octanol–water partition coefficient (Wildman–Crippen LogP) is 2.90. The maximum Gasteiger partial charge on any atom is 0.262 e. The van der Waals surface area contributed by atoms with Crippen molar-refractivity contribution in [2.75, 3.05) is 17.7 Å². The molecule has 0 aromatic heterocycles. The van der Waals surface area contributed by atoms with E-state index in [2.05, 4.69) is 5.32 Å². The summed E-state index contributed by atoms with van der Waals surface area (Å²) in [7, 11) is 0. The summed E-state index contributed by atoms with van der Waals surface area (Å²) in [5.41, 5.74) is 9.19. The third-order valence-corrected chi connectivity index (χ3v) is 2.94. The van der Waals surface area contributed by atoms with E-state index in [1.807, 2.05) is 44.2 Å². The fourth-order valence-electron chi connectivity index (χ4n) is 1.81. The lowest BCUT2D eigenvalue weighted by atomic mass is 10.1. The third-order valence-electron chi connectivity index (χ3n) is 2.94. The molecule has 0 unspecified atom stereocenters. The molecule has 2 rings (SSSR count). The first-order valence-electron chi connectivity index (χ1n) is 6.40. The fourth-order valence-corrected chi connectivity index (χ4v) is 1.81. The van der Waals surface area contributed by atoms with E-state index < -0.39 is 0 Å². The monoisotopic (exact) mass is 270 g/mol. The van der Waals surface area contributed by atoms with E-state index in [-0.39, 0.29) is 12.5 Å².